The van der Waals surface area contributed by atoms with Crippen molar-refractivity contribution in [3.63, 3.8) is 0 Å². The van der Waals surface area contributed by atoms with Gasteiger partial charge in [0.25, 0.3) is 5.91 Å². The number of halogens is 1. The number of carbonyl (C=O) groups is 1. The van der Waals surface area contributed by atoms with Crippen LogP contribution in [0.2, 0.25) is 5.02 Å². The maximum Gasteiger partial charge on any atom is 0.267 e. The Morgan fingerprint density at radius 2 is 1.90 bits per heavy atom. The average Bonchev–Trinajstić information content (AvgIpc) is 3.07. The van der Waals surface area contributed by atoms with Gasteiger partial charge < -0.3 is 10.1 Å². The number of thiophene rings is 1. The van der Waals surface area contributed by atoms with Crippen molar-refractivity contribution in [2.45, 2.75) is 11.8 Å². The SMILES string of the molecule is Cc1ccc(S(=O)(=O)N2CCOCC2)cc1NC(=O)c1sc2ccccc2c1Cl. The summed E-state index contributed by atoms with van der Waals surface area (Å²) in [5.41, 5.74) is 1.20. The molecule has 0 spiro atoms. The average molecular weight is 451 g/mol. The topological polar surface area (TPSA) is 75.7 Å². The van der Waals surface area contributed by atoms with Gasteiger partial charge in [-0.1, -0.05) is 35.9 Å². The zero-order chi connectivity index (χ0) is 20.6. The van der Waals surface area contributed by atoms with Gasteiger partial charge in [0.2, 0.25) is 10.0 Å². The number of rotatable bonds is 4. The Morgan fingerprint density at radius 1 is 1.17 bits per heavy atom. The molecule has 1 aromatic heterocycles. The van der Waals surface area contributed by atoms with Crippen LogP contribution in [0.5, 0.6) is 0 Å². The molecule has 1 aliphatic rings. The van der Waals surface area contributed by atoms with Crippen LogP contribution in [0.4, 0.5) is 5.69 Å². The van der Waals surface area contributed by atoms with E-state index in [4.69, 9.17) is 16.3 Å². The monoisotopic (exact) mass is 450 g/mol. The molecule has 0 aliphatic carbocycles. The first-order valence-electron chi connectivity index (χ1n) is 9.05. The molecule has 1 fully saturated rings. The predicted octanol–water partition coefficient (Wildman–Crippen LogP) is 4.14. The lowest BCUT2D eigenvalue weighted by Crippen LogP contribution is -2.40. The number of hydrogen-bond donors (Lipinski definition) is 1. The van der Waals surface area contributed by atoms with Crippen molar-refractivity contribution in [2.75, 3.05) is 31.6 Å². The third-order valence-electron chi connectivity index (χ3n) is 4.81. The summed E-state index contributed by atoms with van der Waals surface area (Å²) < 4.78 is 33.4. The Hall–Kier alpha value is -1.97. The number of nitrogens with one attached hydrogen (secondary N) is 1. The number of carbonyl (C=O) groups excluding carboxylic acids is 1. The number of morpholine rings is 1. The lowest BCUT2D eigenvalue weighted by Gasteiger charge is -2.26. The van der Waals surface area contributed by atoms with Gasteiger partial charge in [0.1, 0.15) is 4.88 Å². The van der Waals surface area contributed by atoms with E-state index in [0.29, 0.717) is 41.9 Å². The van der Waals surface area contributed by atoms with Gasteiger partial charge in [0.15, 0.2) is 0 Å². The van der Waals surface area contributed by atoms with Crippen LogP contribution < -0.4 is 5.32 Å². The summed E-state index contributed by atoms with van der Waals surface area (Å²) >= 11 is 7.70. The first kappa shape index (κ1) is 20.3. The molecule has 2 heterocycles. The van der Waals surface area contributed by atoms with Crippen molar-refractivity contribution in [1.82, 2.24) is 4.31 Å². The number of anilines is 1. The van der Waals surface area contributed by atoms with Crippen molar-refractivity contribution >= 4 is 54.6 Å². The fraction of sp³-hybridized carbons (Fsp3) is 0.250. The second-order valence-electron chi connectivity index (χ2n) is 6.69. The van der Waals surface area contributed by atoms with E-state index in [1.54, 1.807) is 12.1 Å². The third kappa shape index (κ3) is 3.91. The van der Waals surface area contributed by atoms with Crippen molar-refractivity contribution in [2.24, 2.45) is 0 Å². The summed E-state index contributed by atoms with van der Waals surface area (Å²) in [5.74, 6) is -0.361. The fourth-order valence-electron chi connectivity index (χ4n) is 3.17. The molecule has 3 aromatic rings. The van der Waals surface area contributed by atoms with Crippen LogP contribution in [-0.4, -0.2) is 44.9 Å². The van der Waals surface area contributed by atoms with Crippen molar-refractivity contribution in [3.8, 4) is 0 Å². The van der Waals surface area contributed by atoms with Gasteiger partial charge in [0.05, 0.1) is 23.1 Å². The van der Waals surface area contributed by atoms with Crippen LogP contribution in [0, 0.1) is 6.92 Å². The highest BCUT2D eigenvalue weighted by atomic mass is 35.5. The summed E-state index contributed by atoms with van der Waals surface area (Å²) in [4.78, 5) is 13.4. The van der Waals surface area contributed by atoms with Gasteiger partial charge >= 0.3 is 0 Å². The Bertz CT molecular complexity index is 1180. The molecule has 1 amide bonds. The molecule has 0 unspecified atom stereocenters. The van der Waals surface area contributed by atoms with Crippen LogP contribution in [0.1, 0.15) is 15.2 Å². The standard InChI is InChI=1S/C20H19ClN2O4S2/c1-13-6-7-14(29(25,26)23-8-10-27-11-9-23)12-16(13)22-20(24)19-18(21)15-4-2-3-5-17(15)28-19/h2-7,12H,8-11H2,1H3,(H,22,24). The molecule has 0 radical (unpaired) electrons. The van der Waals surface area contributed by atoms with E-state index < -0.39 is 10.0 Å². The summed E-state index contributed by atoms with van der Waals surface area (Å²) in [7, 11) is -3.65. The van der Waals surface area contributed by atoms with Crippen molar-refractivity contribution < 1.29 is 17.9 Å². The second kappa shape index (κ2) is 8.04. The molecule has 9 heteroatoms. The van der Waals surface area contributed by atoms with Crippen LogP contribution in [0.3, 0.4) is 0 Å². The van der Waals surface area contributed by atoms with Gasteiger partial charge in [0, 0.05) is 28.9 Å². The Balaban J connectivity index is 1.64. The largest absolute Gasteiger partial charge is 0.379 e. The fourth-order valence-corrected chi connectivity index (χ4v) is 6.02. The number of ether oxygens (including phenoxy) is 1. The molecule has 152 valence electrons. The zero-order valence-corrected chi connectivity index (χ0v) is 18.0. The summed E-state index contributed by atoms with van der Waals surface area (Å²) in [6.07, 6.45) is 0. The molecule has 0 saturated carbocycles. The van der Waals surface area contributed by atoms with Crippen LogP contribution in [-0.2, 0) is 14.8 Å². The number of fused-ring (bicyclic) bond motifs is 1. The zero-order valence-electron chi connectivity index (χ0n) is 15.6. The minimum absolute atomic E-state index is 0.141. The first-order valence-corrected chi connectivity index (χ1v) is 11.7. The second-order valence-corrected chi connectivity index (χ2v) is 10.1. The molecule has 0 atom stereocenters. The van der Waals surface area contributed by atoms with Crippen LogP contribution in [0.15, 0.2) is 47.4 Å². The molecule has 29 heavy (non-hydrogen) atoms. The molecule has 6 nitrogen and oxygen atoms in total. The molecule has 1 saturated heterocycles. The Morgan fingerprint density at radius 3 is 2.62 bits per heavy atom. The number of amides is 1. The van der Waals surface area contributed by atoms with Crippen LogP contribution in [0.25, 0.3) is 10.1 Å². The van der Waals surface area contributed by atoms with E-state index in [0.717, 1.165) is 15.6 Å². The smallest absolute Gasteiger partial charge is 0.267 e. The van der Waals surface area contributed by atoms with Gasteiger partial charge in [-0.15, -0.1) is 11.3 Å². The number of sulfonamides is 1. The molecule has 0 bridgehead atoms. The lowest BCUT2D eigenvalue weighted by molar-refractivity contribution is 0.0730. The number of nitrogens with zero attached hydrogens (tertiary/aromatic N) is 1. The lowest BCUT2D eigenvalue weighted by atomic mass is 10.2. The van der Waals surface area contributed by atoms with E-state index in [9.17, 15) is 13.2 Å². The normalized spacial score (nSPS) is 15.5. The number of hydrogen-bond acceptors (Lipinski definition) is 5. The summed E-state index contributed by atoms with van der Waals surface area (Å²) in [6, 6.07) is 12.3. The molecule has 1 aliphatic heterocycles. The van der Waals surface area contributed by atoms with Crippen molar-refractivity contribution in [1.29, 1.82) is 0 Å². The number of benzene rings is 2. The summed E-state index contributed by atoms with van der Waals surface area (Å²) in [5, 5.41) is 4.05. The highest BCUT2D eigenvalue weighted by molar-refractivity contribution is 7.89. The van der Waals surface area contributed by atoms with E-state index in [1.807, 2.05) is 31.2 Å². The van der Waals surface area contributed by atoms with Crippen LogP contribution >= 0.6 is 22.9 Å². The highest BCUT2D eigenvalue weighted by Gasteiger charge is 2.27. The van der Waals surface area contributed by atoms with E-state index in [-0.39, 0.29) is 10.8 Å². The maximum absolute atomic E-state index is 12.9. The quantitative estimate of drug-likeness (QED) is 0.648. The van der Waals surface area contributed by atoms with Gasteiger partial charge in [-0.05, 0) is 30.7 Å². The minimum atomic E-state index is -3.65. The molecule has 2 aromatic carbocycles. The van der Waals surface area contributed by atoms with Gasteiger partial charge in [-0.2, -0.15) is 4.31 Å². The molecular weight excluding hydrogens is 432 g/mol. The Kier molecular flexibility index (Phi) is 5.63. The van der Waals surface area contributed by atoms with E-state index in [2.05, 4.69) is 5.32 Å². The first-order chi connectivity index (χ1) is 13.9. The summed E-state index contributed by atoms with van der Waals surface area (Å²) in [6.45, 7) is 3.19. The molecular formula is C20H19ClN2O4S2. The van der Waals surface area contributed by atoms with Crippen molar-refractivity contribution in [3.05, 3.63) is 57.9 Å². The highest BCUT2D eigenvalue weighted by Crippen LogP contribution is 2.36. The Labute approximate surface area is 178 Å². The van der Waals surface area contributed by atoms with Gasteiger partial charge in [-0.3, -0.25) is 4.79 Å². The minimum Gasteiger partial charge on any atom is -0.379 e. The number of aryl methyl sites for hydroxylation is 1. The molecule has 4 rings (SSSR count). The molecule has 1 N–H and O–H groups in total. The predicted molar refractivity (Wildman–Crippen MR) is 116 cm³/mol. The van der Waals surface area contributed by atoms with E-state index >= 15 is 0 Å². The maximum atomic E-state index is 12.9. The van der Waals surface area contributed by atoms with Gasteiger partial charge in [-0.25, -0.2) is 8.42 Å². The third-order valence-corrected chi connectivity index (χ3v) is 8.38. The van der Waals surface area contributed by atoms with E-state index in [1.165, 1.54) is 21.7 Å².